The molecule has 2 rings (SSSR count). The van der Waals surface area contributed by atoms with E-state index < -0.39 is 0 Å². The van der Waals surface area contributed by atoms with Crippen molar-refractivity contribution in [3.05, 3.63) is 59.4 Å². The summed E-state index contributed by atoms with van der Waals surface area (Å²) in [5, 5.41) is 3.19. The maximum absolute atomic E-state index is 13.3. The molecule has 0 unspecified atom stereocenters. The zero-order valence-corrected chi connectivity index (χ0v) is 11.9. The van der Waals surface area contributed by atoms with E-state index in [2.05, 4.69) is 12.2 Å². The van der Waals surface area contributed by atoms with E-state index in [0.29, 0.717) is 12.3 Å². The summed E-state index contributed by atoms with van der Waals surface area (Å²) in [5.41, 5.74) is 2.09. The molecule has 0 aromatic heterocycles. The van der Waals surface area contributed by atoms with Gasteiger partial charge in [-0.15, -0.1) is 0 Å². The van der Waals surface area contributed by atoms with Crippen LogP contribution in [0.4, 0.5) is 4.39 Å². The fourth-order valence-corrected chi connectivity index (χ4v) is 1.97. The van der Waals surface area contributed by atoms with Crippen molar-refractivity contribution in [3.8, 4) is 11.5 Å². The minimum atomic E-state index is -0.244. The minimum absolute atomic E-state index is 0.244. The van der Waals surface area contributed by atoms with Gasteiger partial charge in [-0.05, 0) is 48.9 Å². The van der Waals surface area contributed by atoms with Gasteiger partial charge in [-0.25, -0.2) is 4.39 Å². The highest BCUT2D eigenvalue weighted by Gasteiger charge is 2.06. The Morgan fingerprint density at radius 3 is 2.45 bits per heavy atom. The van der Waals surface area contributed by atoms with Crippen molar-refractivity contribution in [1.82, 2.24) is 5.32 Å². The first kappa shape index (κ1) is 14.5. The quantitative estimate of drug-likeness (QED) is 0.847. The Hall–Kier alpha value is -1.87. The van der Waals surface area contributed by atoms with Gasteiger partial charge in [0.15, 0.2) is 0 Å². The van der Waals surface area contributed by atoms with Gasteiger partial charge in [-0.3, -0.25) is 0 Å². The molecule has 20 heavy (non-hydrogen) atoms. The summed E-state index contributed by atoms with van der Waals surface area (Å²) < 4.78 is 19.2. The molecule has 0 fully saturated rings. The van der Waals surface area contributed by atoms with E-state index in [1.54, 1.807) is 6.07 Å². The van der Waals surface area contributed by atoms with E-state index in [1.165, 1.54) is 17.7 Å². The molecule has 1 N–H and O–H groups in total. The minimum Gasteiger partial charge on any atom is -0.457 e. The zero-order chi connectivity index (χ0) is 14.4. The second kappa shape index (κ2) is 7.06. The average Bonchev–Trinajstić information content (AvgIpc) is 2.48. The predicted octanol–water partition coefficient (Wildman–Crippen LogP) is 4.29. The summed E-state index contributed by atoms with van der Waals surface area (Å²) >= 11 is 0. The molecular formula is C17H20FNO. The summed E-state index contributed by atoms with van der Waals surface area (Å²) in [6, 6.07) is 12.6. The molecule has 0 saturated heterocycles. The van der Waals surface area contributed by atoms with Crippen molar-refractivity contribution in [1.29, 1.82) is 0 Å². The van der Waals surface area contributed by atoms with Gasteiger partial charge in [0.1, 0.15) is 17.3 Å². The first-order valence-electron chi connectivity index (χ1n) is 6.99. The first-order valence-corrected chi connectivity index (χ1v) is 6.99. The highest BCUT2D eigenvalue weighted by molar-refractivity contribution is 5.39. The number of rotatable bonds is 6. The standard InChI is InChI=1S/C17H20FNO/c1-3-13-5-8-16(9-6-13)20-17-10-7-15(18)11-14(17)12-19-4-2/h5-11,19H,3-4,12H2,1-2H3. The van der Waals surface area contributed by atoms with Gasteiger partial charge in [0.2, 0.25) is 0 Å². The Morgan fingerprint density at radius 1 is 1.05 bits per heavy atom. The van der Waals surface area contributed by atoms with Gasteiger partial charge < -0.3 is 10.1 Å². The summed E-state index contributed by atoms with van der Waals surface area (Å²) in [5.74, 6) is 1.22. The molecule has 0 radical (unpaired) electrons. The second-order valence-corrected chi connectivity index (χ2v) is 4.63. The third-order valence-corrected chi connectivity index (χ3v) is 3.15. The van der Waals surface area contributed by atoms with E-state index in [-0.39, 0.29) is 5.82 Å². The lowest BCUT2D eigenvalue weighted by Gasteiger charge is -2.12. The first-order chi connectivity index (χ1) is 9.72. The molecule has 2 aromatic rings. The van der Waals surface area contributed by atoms with Crippen molar-refractivity contribution in [2.45, 2.75) is 26.8 Å². The largest absolute Gasteiger partial charge is 0.457 e. The molecule has 0 aliphatic rings. The Bertz CT molecular complexity index is 551. The van der Waals surface area contributed by atoms with E-state index in [0.717, 1.165) is 24.3 Å². The monoisotopic (exact) mass is 273 g/mol. The Balaban J connectivity index is 2.18. The fourth-order valence-electron chi connectivity index (χ4n) is 1.97. The summed E-state index contributed by atoms with van der Waals surface area (Å²) in [6.07, 6.45) is 1.00. The molecule has 0 spiro atoms. The summed E-state index contributed by atoms with van der Waals surface area (Å²) in [6.45, 7) is 5.56. The van der Waals surface area contributed by atoms with E-state index in [4.69, 9.17) is 4.74 Å². The Morgan fingerprint density at radius 2 is 1.80 bits per heavy atom. The zero-order valence-electron chi connectivity index (χ0n) is 11.9. The van der Waals surface area contributed by atoms with E-state index >= 15 is 0 Å². The van der Waals surface area contributed by atoms with Gasteiger partial charge in [-0.1, -0.05) is 26.0 Å². The maximum Gasteiger partial charge on any atom is 0.132 e. The average molecular weight is 273 g/mol. The molecule has 106 valence electrons. The topological polar surface area (TPSA) is 21.3 Å². The van der Waals surface area contributed by atoms with Crippen LogP contribution in [0.15, 0.2) is 42.5 Å². The van der Waals surface area contributed by atoms with E-state index in [9.17, 15) is 4.39 Å². The lowest BCUT2D eigenvalue weighted by molar-refractivity contribution is 0.470. The second-order valence-electron chi connectivity index (χ2n) is 4.63. The van der Waals surface area contributed by atoms with Gasteiger partial charge >= 0.3 is 0 Å². The molecular weight excluding hydrogens is 253 g/mol. The van der Waals surface area contributed by atoms with Gasteiger partial charge in [0.25, 0.3) is 0 Å². The van der Waals surface area contributed by atoms with Crippen molar-refractivity contribution >= 4 is 0 Å². The van der Waals surface area contributed by atoms with Crippen LogP contribution < -0.4 is 10.1 Å². The van der Waals surface area contributed by atoms with Crippen LogP contribution in [0.3, 0.4) is 0 Å². The normalized spacial score (nSPS) is 10.6. The molecule has 0 heterocycles. The van der Waals surface area contributed by atoms with Crippen LogP contribution in [-0.4, -0.2) is 6.54 Å². The van der Waals surface area contributed by atoms with Crippen LogP contribution in [-0.2, 0) is 13.0 Å². The third kappa shape index (κ3) is 3.81. The number of hydrogen-bond acceptors (Lipinski definition) is 2. The number of aryl methyl sites for hydroxylation is 1. The molecule has 2 nitrogen and oxygen atoms in total. The summed E-state index contributed by atoms with van der Waals surface area (Å²) in [4.78, 5) is 0. The van der Waals surface area contributed by atoms with Gasteiger partial charge in [0.05, 0.1) is 0 Å². The SMILES string of the molecule is CCNCc1cc(F)ccc1Oc1ccc(CC)cc1. The highest BCUT2D eigenvalue weighted by Crippen LogP contribution is 2.26. The fraction of sp³-hybridized carbons (Fsp3) is 0.294. The number of hydrogen-bond donors (Lipinski definition) is 1. The van der Waals surface area contributed by atoms with Crippen LogP contribution in [0.2, 0.25) is 0 Å². The molecule has 3 heteroatoms. The number of ether oxygens (including phenoxy) is 1. The maximum atomic E-state index is 13.3. The number of nitrogens with one attached hydrogen (secondary N) is 1. The molecule has 0 aliphatic carbocycles. The lowest BCUT2D eigenvalue weighted by atomic mass is 10.1. The Labute approximate surface area is 119 Å². The molecule has 0 saturated carbocycles. The predicted molar refractivity (Wildman–Crippen MR) is 79.7 cm³/mol. The van der Waals surface area contributed by atoms with Crippen molar-refractivity contribution in [3.63, 3.8) is 0 Å². The van der Waals surface area contributed by atoms with Crippen LogP contribution >= 0.6 is 0 Å². The van der Waals surface area contributed by atoms with Crippen molar-refractivity contribution < 1.29 is 9.13 Å². The molecule has 0 atom stereocenters. The summed E-state index contributed by atoms with van der Waals surface area (Å²) in [7, 11) is 0. The van der Waals surface area contributed by atoms with Crippen LogP contribution in [0.25, 0.3) is 0 Å². The van der Waals surface area contributed by atoms with Crippen molar-refractivity contribution in [2.24, 2.45) is 0 Å². The van der Waals surface area contributed by atoms with Crippen LogP contribution in [0, 0.1) is 5.82 Å². The van der Waals surface area contributed by atoms with Crippen LogP contribution in [0.1, 0.15) is 25.0 Å². The van der Waals surface area contributed by atoms with E-state index in [1.807, 2.05) is 31.2 Å². The molecule has 0 amide bonds. The highest BCUT2D eigenvalue weighted by atomic mass is 19.1. The Kier molecular flexibility index (Phi) is 5.13. The third-order valence-electron chi connectivity index (χ3n) is 3.15. The van der Waals surface area contributed by atoms with Gasteiger partial charge in [-0.2, -0.15) is 0 Å². The number of benzene rings is 2. The number of halogens is 1. The smallest absolute Gasteiger partial charge is 0.132 e. The molecule has 2 aromatic carbocycles. The van der Waals surface area contributed by atoms with Crippen LogP contribution in [0.5, 0.6) is 11.5 Å². The van der Waals surface area contributed by atoms with Gasteiger partial charge in [0, 0.05) is 12.1 Å². The van der Waals surface area contributed by atoms with Crippen molar-refractivity contribution in [2.75, 3.05) is 6.54 Å². The molecule has 0 bridgehead atoms. The lowest BCUT2D eigenvalue weighted by Crippen LogP contribution is -2.12. The molecule has 0 aliphatic heterocycles.